The van der Waals surface area contributed by atoms with Gasteiger partial charge in [-0.05, 0) is 44.5 Å². The Morgan fingerprint density at radius 2 is 1.97 bits per heavy atom. The number of aryl methyl sites for hydroxylation is 2. The molecule has 3 N–H and O–H groups in total. The van der Waals surface area contributed by atoms with Gasteiger partial charge in [-0.2, -0.15) is 5.10 Å². The van der Waals surface area contributed by atoms with E-state index in [9.17, 15) is 4.79 Å². The quantitative estimate of drug-likeness (QED) is 0.516. The molecule has 162 valence electrons. The Bertz CT molecular complexity index is 1340. The van der Waals surface area contributed by atoms with E-state index in [0.717, 1.165) is 33.7 Å². The lowest BCUT2D eigenvalue weighted by atomic mass is 10.0. The minimum Gasteiger partial charge on any atom is -0.363 e. The van der Waals surface area contributed by atoms with Gasteiger partial charge in [-0.3, -0.25) is 9.48 Å². The molecule has 2 aromatic heterocycles. The number of anilines is 1. The maximum atomic E-state index is 12.0. The summed E-state index contributed by atoms with van der Waals surface area (Å²) in [7, 11) is 0. The van der Waals surface area contributed by atoms with Crippen LogP contribution in [0, 0.1) is 13.8 Å². The van der Waals surface area contributed by atoms with Crippen LogP contribution in [0.3, 0.4) is 0 Å². The smallest absolute Gasteiger partial charge is 0.157 e. The van der Waals surface area contributed by atoms with E-state index >= 15 is 0 Å². The lowest BCUT2D eigenvalue weighted by molar-refractivity contribution is -0.120. The first-order valence-electron chi connectivity index (χ1n) is 10.8. The van der Waals surface area contributed by atoms with Gasteiger partial charge in [0, 0.05) is 22.7 Å². The molecule has 5 rings (SSSR count). The zero-order chi connectivity index (χ0) is 22.4. The molecule has 1 aliphatic heterocycles. The van der Waals surface area contributed by atoms with Crippen molar-refractivity contribution >= 4 is 22.5 Å². The Labute approximate surface area is 186 Å². The van der Waals surface area contributed by atoms with Gasteiger partial charge in [0.05, 0.1) is 30.2 Å². The Kier molecular flexibility index (Phi) is 4.98. The number of Topliss-reactive ketones (excluding diaryl/α,β-unsaturated/α-hetero) is 1. The first-order chi connectivity index (χ1) is 15.4. The number of nitrogens with zero attached hydrogens (tertiary/aromatic N) is 4. The number of benzene rings is 2. The highest BCUT2D eigenvalue weighted by molar-refractivity contribution is 5.93. The number of carbonyl (C=O) groups excluding carboxylic acids is 1. The van der Waals surface area contributed by atoms with E-state index in [1.165, 1.54) is 11.1 Å². The van der Waals surface area contributed by atoms with Crippen LogP contribution in [-0.2, 0) is 17.8 Å². The number of rotatable bonds is 4. The summed E-state index contributed by atoms with van der Waals surface area (Å²) in [6.07, 6.45) is 0.324. The maximum absolute atomic E-state index is 12.0. The zero-order valence-electron chi connectivity index (χ0n) is 18.5. The van der Waals surface area contributed by atoms with Crippen molar-refractivity contribution < 1.29 is 4.79 Å². The molecule has 0 saturated carbocycles. The minimum atomic E-state index is -0.484. The molecule has 1 aliphatic rings. The van der Waals surface area contributed by atoms with Gasteiger partial charge < -0.3 is 11.1 Å². The van der Waals surface area contributed by atoms with Crippen LogP contribution in [0.4, 0.5) is 5.82 Å². The van der Waals surface area contributed by atoms with Crippen molar-refractivity contribution in [2.45, 2.75) is 45.8 Å². The Morgan fingerprint density at radius 3 is 2.78 bits per heavy atom. The van der Waals surface area contributed by atoms with Crippen LogP contribution in [0.15, 0.2) is 48.5 Å². The monoisotopic (exact) mass is 426 g/mol. The van der Waals surface area contributed by atoms with Gasteiger partial charge in [0.1, 0.15) is 11.6 Å². The fourth-order valence-corrected chi connectivity index (χ4v) is 4.24. The topological polar surface area (TPSA) is 98.7 Å². The molecular weight excluding hydrogens is 400 g/mol. The summed E-state index contributed by atoms with van der Waals surface area (Å²) < 4.78 is 1.84. The average molecular weight is 427 g/mol. The third-order valence-electron chi connectivity index (χ3n) is 6.00. The molecule has 7 heteroatoms. The van der Waals surface area contributed by atoms with Gasteiger partial charge in [0.2, 0.25) is 0 Å². The van der Waals surface area contributed by atoms with Crippen molar-refractivity contribution in [3.8, 4) is 11.3 Å². The lowest BCUT2D eigenvalue weighted by Crippen LogP contribution is -2.40. The van der Waals surface area contributed by atoms with E-state index in [0.29, 0.717) is 18.8 Å². The lowest BCUT2D eigenvalue weighted by Gasteiger charge is -2.18. The highest BCUT2D eigenvalue weighted by Crippen LogP contribution is 2.30. The first kappa shape index (κ1) is 20.3. The number of hydrogen-bond acceptors (Lipinski definition) is 6. The summed E-state index contributed by atoms with van der Waals surface area (Å²) in [6.45, 7) is 6.55. The normalized spacial score (nSPS) is 16.8. The van der Waals surface area contributed by atoms with Gasteiger partial charge in [0.15, 0.2) is 5.78 Å². The number of aromatic nitrogens is 4. The summed E-state index contributed by atoms with van der Waals surface area (Å²) in [5.74, 6) is 1.57. The van der Waals surface area contributed by atoms with Crippen LogP contribution in [0.2, 0.25) is 0 Å². The zero-order valence-corrected chi connectivity index (χ0v) is 18.5. The standard InChI is InChI=1S/C25H26N6O/c1-14-5-4-6-17(9-14)15(2)27-25-20-10-18(7-8-22(20)28-16(3)29-25)23-11-19-12-24(32)21(26)13-31(19)30-23/h4-11,15,21H,12-13,26H2,1-3H3,(H,27,28,29)/t15-,21?/m1/s1. The molecule has 0 aliphatic carbocycles. The van der Waals surface area contributed by atoms with E-state index in [4.69, 9.17) is 15.8 Å². The first-order valence-corrected chi connectivity index (χ1v) is 10.8. The van der Waals surface area contributed by atoms with E-state index in [1.807, 2.05) is 29.8 Å². The summed E-state index contributed by atoms with van der Waals surface area (Å²) in [5.41, 5.74) is 11.9. The molecule has 7 nitrogen and oxygen atoms in total. The molecule has 2 aromatic carbocycles. The fraction of sp³-hybridized carbons (Fsp3) is 0.280. The molecule has 3 heterocycles. The van der Waals surface area contributed by atoms with Gasteiger partial charge in [-0.1, -0.05) is 35.9 Å². The number of fused-ring (bicyclic) bond motifs is 2. The highest BCUT2D eigenvalue weighted by Gasteiger charge is 2.25. The molecule has 1 unspecified atom stereocenters. The summed E-state index contributed by atoms with van der Waals surface area (Å²) >= 11 is 0. The van der Waals surface area contributed by atoms with Crippen LogP contribution in [0.25, 0.3) is 22.2 Å². The second kappa shape index (κ2) is 7.84. The largest absolute Gasteiger partial charge is 0.363 e. The van der Waals surface area contributed by atoms with Crippen LogP contribution in [-0.4, -0.2) is 31.6 Å². The van der Waals surface area contributed by atoms with Crippen LogP contribution < -0.4 is 11.1 Å². The molecule has 2 atom stereocenters. The molecule has 0 spiro atoms. The predicted octanol–water partition coefficient (Wildman–Crippen LogP) is 3.74. The van der Waals surface area contributed by atoms with E-state index in [1.54, 1.807) is 0 Å². The van der Waals surface area contributed by atoms with Crippen molar-refractivity contribution in [2.75, 3.05) is 5.32 Å². The number of ketones is 1. The van der Waals surface area contributed by atoms with Crippen LogP contribution in [0.5, 0.6) is 0 Å². The predicted molar refractivity (Wildman–Crippen MR) is 125 cm³/mol. The van der Waals surface area contributed by atoms with Crippen molar-refractivity contribution in [3.63, 3.8) is 0 Å². The number of carbonyl (C=O) groups is 1. The number of nitrogens with one attached hydrogen (secondary N) is 1. The Hall–Kier alpha value is -3.58. The van der Waals surface area contributed by atoms with Crippen LogP contribution >= 0.6 is 0 Å². The number of hydrogen-bond donors (Lipinski definition) is 2. The van der Waals surface area contributed by atoms with Crippen molar-refractivity contribution in [2.24, 2.45) is 5.73 Å². The third-order valence-corrected chi connectivity index (χ3v) is 6.00. The molecule has 0 amide bonds. The van der Waals surface area contributed by atoms with Crippen molar-refractivity contribution in [3.05, 3.63) is 71.2 Å². The SMILES string of the molecule is Cc1cccc([C@@H](C)Nc2nc(C)nc3ccc(-c4cc5n(n4)CC(N)C(=O)C5)cc23)c1. The molecule has 0 bridgehead atoms. The second-order valence-corrected chi connectivity index (χ2v) is 8.58. The van der Waals surface area contributed by atoms with Gasteiger partial charge in [-0.25, -0.2) is 9.97 Å². The Balaban J connectivity index is 1.53. The summed E-state index contributed by atoms with van der Waals surface area (Å²) in [4.78, 5) is 21.3. The average Bonchev–Trinajstić information content (AvgIpc) is 3.16. The number of nitrogens with two attached hydrogens (primary N) is 1. The second-order valence-electron chi connectivity index (χ2n) is 8.58. The molecule has 4 aromatic rings. The molecule has 0 radical (unpaired) electrons. The van der Waals surface area contributed by atoms with Gasteiger partial charge in [0.25, 0.3) is 0 Å². The van der Waals surface area contributed by atoms with E-state index in [2.05, 4.69) is 54.5 Å². The highest BCUT2D eigenvalue weighted by atomic mass is 16.1. The molecular formula is C25H26N6O. The van der Waals surface area contributed by atoms with Crippen molar-refractivity contribution in [1.82, 2.24) is 19.7 Å². The van der Waals surface area contributed by atoms with Gasteiger partial charge in [-0.15, -0.1) is 0 Å². The summed E-state index contributed by atoms with van der Waals surface area (Å²) in [5, 5.41) is 9.21. The van der Waals surface area contributed by atoms with E-state index in [-0.39, 0.29) is 11.8 Å². The third kappa shape index (κ3) is 3.76. The van der Waals surface area contributed by atoms with Gasteiger partial charge >= 0.3 is 0 Å². The fourth-order valence-electron chi connectivity index (χ4n) is 4.24. The Morgan fingerprint density at radius 1 is 1.12 bits per heavy atom. The molecule has 0 saturated heterocycles. The molecule has 0 fully saturated rings. The summed E-state index contributed by atoms with van der Waals surface area (Å²) in [6, 6.07) is 16.1. The van der Waals surface area contributed by atoms with E-state index < -0.39 is 6.04 Å². The minimum absolute atomic E-state index is 0.0583. The van der Waals surface area contributed by atoms with Crippen molar-refractivity contribution in [1.29, 1.82) is 0 Å². The molecule has 32 heavy (non-hydrogen) atoms. The van der Waals surface area contributed by atoms with Crippen LogP contribution in [0.1, 0.15) is 35.6 Å². The maximum Gasteiger partial charge on any atom is 0.157 e.